The predicted molar refractivity (Wildman–Crippen MR) is 103 cm³/mol. The lowest BCUT2D eigenvalue weighted by Gasteiger charge is -2.10. The number of halogens is 1. The lowest BCUT2D eigenvalue weighted by molar-refractivity contribution is 0.0949. The van der Waals surface area contributed by atoms with Crippen LogP contribution in [0.4, 0.5) is 10.1 Å². The van der Waals surface area contributed by atoms with Gasteiger partial charge in [0, 0.05) is 12.6 Å². The molecule has 8 nitrogen and oxygen atoms in total. The van der Waals surface area contributed by atoms with Crippen molar-refractivity contribution < 1.29 is 17.6 Å². The van der Waals surface area contributed by atoms with E-state index < -0.39 is 21.7 Å². The topological polar surface area (TPSA) is 109 Å². The summed E-state index contributed by atoms with van der Waals surface area (Å²) in [5, 5.41) is 9.27. The number of aromatic nitrogens is 3. The summed E-state index contributed by atoms with van der Waals surface area (Å²) in [6, 6.07) is 10.7. The van der Waals surface area contributed by atoms with Crippen LogP contribution in [-0.2, 0) is 23.6 Å². The van der Waals surface area contributed by atoms with Gasteiger partial charge in [0.05, 0.1) is 17.1 Å². The van der Waals surface area contributed by atoms with E-state index in [9.17, 15) is 17.6 Å². The highest BCUT2D eigenvalue weighted by atomic mass is 32.2. The summed E-state index contributed by atoms with van der Waals surface area (Å²) >= 11 is 5.00. The quantitative estimate of drug-likeness (QED) is 0.530. The first-order valence-corrected chi connectivity index (χ1v) is 9.93. The molecule has 0 saturated carbocycles. The number of rotatable bonds is 6. The molecule has 0 aliphatic carbocycles. The Hall–Kier alpha value is -3.05. The molecule has 28 heavy (non-hydrogen) atoms. The number of H-pyrrole nitrogens is 1. The van der Waals surface area contributed by atoms with Crippen molar-refractivity contribution in [1.29, 1.82) is 0 Å². The molecule has 3 N–H and O–H groups in total. The first-order chi connectivity index (χ1) is 13.3. The van der Waals surface area contributed by atoms with Crippen LogP contribution in [0.1, 0.15) is 16.2 Å². The van der Waals surface area contributed by atoms with Crippen LogP contribution in [0.5, 0.6) is 0 Å². The van der Waals surface area contributed by atoms with Gasteiger partial charge in [0.25, 0.3) is 15.9 Å². The SMILES string of the molecule is Cn1c(CNC(=O)c2ccc(S(=O)(=O)Nc3ccccc3F)cc2)n[nH]c1=S. The number of benzene rings is 2. The van der Waals surface area contributed by atoms with Crippen molar-refractivity contribution in [3.05, 3.63) is 70.5 Å². The van der Waals surface area contributed by atoms with Gasteiger partial charge >= 0.3 is 0 Å². The van der Waals surface area contributed by atoms with E-state index in [1.807, 2.05) is 0 Å². The Kier molecular flexibility index (Phi) is 5.56. The highest BCUT2D eigenvalue weighted by Gasteiger charge is 2.17. The third-order valence-electron chi connectivity index (χ3n) is 3.92. The molecule has 0 aliphatic heterocycles. The Morgan fingerprint density at radius 3 is 2.50 bits per heavy atom. The summed E-state index contributed by atoms with van der Waals surface area (Å²) in [5.41, 5.74) is 0.110. The smallest absolute Gasteiger partial charge is 0.261 e. The first kappa shape index (κ1) is 19.7. The molecule has 0 spiro atoms. The van der Waals surface area contributed by atoms with E-state index in [2.05, 4.69) is 20.2 Å². The minimum absolute atomic E-state index is 0.0956. The number of hydrogen-bond acceptors (Lipinski definition) is 5. The monoisotopic (exact) mass is 421 g/mol. The highest BCUT2D eigenvalue weighted by Crippen LogP contribution is 2.19. The molecule has 0 aliphatic rings. The molecular weight excluding hydrogens is 405 g/mol. The maximum atomic E-state index is 13.7. The van der Waals surface area contributed by atoms with Gasteiger partial charge in [-0.25, -0.2) is 12.8 Å². The van der Waals surface area contributed by atoms with Gasteiger partial charge < -0.3 is 9.88 Å². The van der Waals surface area contributed by atoms with Gasteiger partial charge in [-0.2, -0.15) is 5.10 Å². The van der Waals surface area contributed by atoms with Crippen LogP contribution in [0.3, 0.4) is 0 Å². The molecule has 0 fully saturated rings. The summed E-state index contributed by atoms with van der Waals surface area (Å²) in [7, 11) is -2.27. The normalized spacial score (nSPS) is 11.2. The molecule has 0 radical (unpaired) electrons. The van der Waals surface area contributed by atoms with Gasteiger partial charge in [-0.1, -0.05) is 12.1 Å². The number of anilines is 1. The molecule has 3 rings (SSSR count). The van der Waals surface area contributed by atoms with E-state index in [0.29, 0.717) is 10.6 Å². The number of hydrogen-bond donors (Lipinski definition) is 3. The van der Waals surface area contributed by atoms with Crippen LogP contribution in [0.2, 0.25) is 0 Å². The number of aromatic amines is 1. The second kappa shape index (κ2) is 7.90. The zero-order valence-corrected chi connectivity index (χ0v) is 16.3. The lowest BCUT2D eigenvalue weighted by atomic mass is 10.2. The van der Waals surface area contributed by atoms with Crippen molar-refractivity contribution in [2.24, 2.45) is 7.05 Å². The van der Waals surface area contributed by atoms with Crippen molar-refractivity contribution in [2.75, 3.05) is 4.72 Å². The maximum absolute atomic E-state index is 13.7. The average molecular weight is 421 g/mol. The number of amides is 1. The molecule has 1 aromatic heterocycles. The molecule has 3 aromatic rings. The Balaban J connectivity index is 1.70. The van der Waals surface area contributed by atoms with Crippen LogP contribution in [0.15, 0.2) is 53.4 Å². The summed E-state index contributed by atoms with van der Waals surface area (Å²) in [6.07, 6.45) is 0. The van der Waals surface area contributed by atoms with Crippen LogP contribution >= 0.6 is 12.2 Å². The Morgan fingerprint density at radius 2 is 1.89 bits per heavy atom. The number of nitrogens with zero attached hydrogens (tertiary/aromatic N) is 2. The van der Waals surface area contributed by atoms with Crippen molar-refractivity contribution in [3.8, 4) is 0 Å². The number of para-hydroxylation sites is 1. The zero-order valence-electron chi connectivity index (χ0n) is 14.6. The fourth-order valence-corrected chi connectivity index (χ4v) is 3.55. The third kappa shape index (κ3) is 4.26. The molecule has 0 unspecified atom stereocenters. The van der Waals surface area contributed by atoms with Crippen molar-refractivity contribution in [1.82, 2.24) is 20.1 Å². The van der Waals surface area contributed by atoms with Crippen LogP contribution in [0.25, 0.3) is 0 Å². The molecule has 1 amide bonds. The minimum atomic E-state index is -3.99. The number of carbonyl (C=O) groups excluding carboxylic acids is 1. The van der Waals surface area contributed by atoms with Crippen LogP contribution < -0.4 is 10.0 Å². The van der Waals surface area contributed by atoms with E-state index in [-0.39, 0.29) is 22.7 Å². The van der Waals surface area contributed by atoms with Crippen LogP contribution in [0, 0.1) is 10.6 Å². The molecule has 1 heterocycles. The van der Waals surface area contributed by atoms with Crippen molar-refractivity contribution in [3.63, 3.8) is 0 Å². The molecular formula is C17H16FN5O3S2. The highest BCUT2D eigenvalue weighted by molar-refractivity contribution is 7.92. The Morgan fingerprint density at radius 1 is 1.21 bits per heavy atom. The number of carbonyl (C=O) groups is 1. The zero-order chi connectivity index (χ0) is 20.3. The molecule has 2 aromatic carbocycles. The van der Waals surface area contributed by atoms with Crippen LogP contribution in [-0.4, -0.2) is 29.1 Å². The number of nitrogens with one attached hydrogen (secondary N) is 3. The minimum Gasteiger partial charge on any atom is -0.345 e. The summed E-state index contributed by atoms with van der Waals surface area (Å²) in [4.78, 5) is 12.1. The Bertz CT molecular complexity index is 1170. The molecule has 0 atom stereocenters. The molecule has 0 bridgehead atoms. The molecule has 11 heteroatoms. The summed E-state index contributed by atoms with van der Waals surface area (Å²) in [6.45, 7) is 0.150. The van der Waals surface area contributed by atoms with E-state index in [0.717, 1.165) is 6.07 Å². The van der Waals surface area contributed by atoms with Gasteiger partial charge in [0.1, 0.15) is 5.82 Å². The predicted octanol–water partition coefficient (Wildman–Crippen LogP) is 2.35. The van der Waals surface area contributed by atoms with E-state index in [4.69, 9.17) is 12.2 Å². The van der Waals surface area contributed by atoms with Gasteiger partial charge in [-0.15, -0.1) is 0 Å². The number of sulfonamides is 1. The second-order valence-electron chi connectivity index (χ2n) is 5.80. The van der Waals surface area contributed by atoms with Gasteiger partial charge in [0.15, 0.2) is 10.6 Å². The van der Waals surface area contributed by atoms with Gasteiger partial charge in [-0.05, 0) is 48.6 Å². The summed E-state index contributed by atoms with van der Waals surface area (Å²) in [5.74, 6) is -0.539. The first-order valence-electron chi connectivity index (χ1n) is 8.04. The lowest BCUT2D eigenvalue weighted by Crippen LogP contribution is -2.24. The molecule has 146 valence electrons. The standard InChI is InChI=1S/C17H16FN5O3S2/c1-23-15(20-21-17(23)27)10-19-16(24)11-6-8-12(9-7-11)28(25,26)22-14-5-3-2-4-13(14)18/h2-9,22H,10H2,1H3,(H,19,24)(H,21,27). The fourth-order valence-electron chi connectivity index (χ4n) is 2.33. The molecule has 0 saturated heterocycles. The van der Waals surface area contributed by atoms with E-state index in [1.54, 1.807) is 11.6 Å². The largest absolute Gasteiger partial charge is 0.345 e. The Labute approximate surface area is 165 Å². The third-order valence-corrected chi connectivity index (χ3v) is 5.67. The average Bonchev–Trinajstić information content (AvgIpc) is 3.00. The van der Waals surface area contributed by atoms with E-state index in [1.165, 1.54) is 42.5 Å². The van der Waals surface area contributed by atoms with Crippen molar-refractivity contribution >= 4 is 33.8 Å². The maximum Gasteiger partial charge on any atom is 0.261 e. The van der Waals surface area contributed by atoms with Crippen molar-refractivity contribution in [2.45, 2.75) is 11.4 Å². The van der Waals surface area contributed by atoms with E-state index >= 15 is 0 Å². The fraction of sp³-hybridized carbons (Fsp3) is 0.118. The second-order valence-corrected chi connectivity index (χ2v) is 7.87. The van der Waals surface area contributed by atoms with Gasteiger partial charge in [0.2, 0.25) is 0 Å². The summed E-state index contributed by atoms with van der Waals surface area (Å²) < 4.78 is 42.7. The van der Waals surface area contributed by atoms with Gasteiger partial charge in [-0.3, -0.25) is 14.6 Å².